The van der Waals surface area contributed by atoms with Gasteiger partial charge in [-0.3, -0.25) is 4.79 Å². The van der Waals surface area contributed by atoms with Crippen molar-refractivity contribution in [2.75, 3.05) is 0 Å². The first-order valence-corrected chi connectivity index (χ1v) is 6.07. The van der Waals surface area contributed by atoms with Crippen LogP contribution in [0.2, 0.25) is 0 Å². The van der Waals surface area contributed by atoms with Gasteiger partial charge in [-0.15, -0.1) is 0 Å². The average molecular weight is 276 g/mol. The van der Waals surface area contributed by atoms with Crippen LogP contribution in [0.5, 0.6) is 0 Å². The third-order valence-electron chi connectivity index (χ3n) is 2.83. The Hall–Kier alpha value is -3.24. The summed E-state index contributed by atoms with van der Waals surface area (Å²) < 4.78 is 13.6. The maximum Gasteiger partial charge on any atom is 0.206 e. The molecule has 0 saturated heterocycles. The Morgan fingerprint density at radius 2 is 1.71 bits per heavy atom. The van der Waals surface area contributed by atoms with E-state index in [2.05, 4.69) is 0 Å². The van der Waals surface area contributed by atoms with Crippen molar-refractivity contribution in [1.29, 1.82) is 10.5 Å². The lowest BCUT2D eigenvalue weighted by Gasteiger charge is -2.01. The third kappa shape index (κ3) is 3.20. The summed E-state index contributed by atoms with van der Waals surface area (Å²) in [7, 11) is 0. The first-order chi connectivity index (χ1) is 10.2. The fourth-order valence-corrected chi connectivity index (χ4v) is 1.76. The zero-order valence-electron chi connectivity index (χ0n) is 10.9. The maximum atomic E-state index is 13.6. The zero-order chi connectivity index (χ0) is 15.2. The predicted molar refractivity (Wildman–Crippen MR) is 75.5 cm³/mol. The van der Waals surface area contributed by atoms with E-state index in [9.17, 15) is 9.18 Å². The van der Waals surface area contributed by atoms with Crippen LogP contribution in [0.4, 0.5) is 4.39 Å². The second kappa shape index (κ2) is 6.27. The van der Waals surface area contributed by atoms with E-state index >= 15 is 0 Å². The van der Waals surface area contributed by atoms with E-state index < -0.39 is 11.6 Å². The van der Waals surface area contributed by atoms with Gasteiger partial charge in [0.1, 0.15) is 17.5 Å². The normalized spacial score (nSPS) is 10.5. The standard InChI is InChI=1S/C17H9FN2O/c18-16-4-2-1-3-15(16)17(21)14(11-20)9-12-5-7-13(10-19)8-6-12/h1-9H/b14-9+. The number of Topliss-reactive ketones (excluding diaryl/α,β-unsaturated/α-hetero) is 1. The highest BCUT2D eigenvalue weighted by atomic mass is 19.1. The number of benzene rings is 2. The summed E-state index contributed by atoms with van der Waals surface area (Å²) in [4.78, 5) is 12.1. The van der Waals surface area contributed by atoms with Crippen LogP contribution in [0.1, 0.15) is 21.5 Å². The highest BCUT2D eigenvalue weighted by Crippen LogP contribution is 2.15. The van der Waals surface area contributed by atoms with E-state index in [-0.39, 0.29) is 11.1 Å². The third-order valence-corrected chi connectivity index (χ3v) is 2.83. The van der Waals surface area contributed by atoms with Gasteiger partial charge in [0.05, 0.1) is 17.2 Å². The molecular formula is C17H9FN2O. The minimum Gasteiger partial charge on any atom is -0.288 e. The quantitative estimate of drug-likeness (QED) is 0.489. The van der Waals surface area contributed by atoms with Crippen LogP contribution < -0.4 is 0 Å². The fourth-order valence-electron chi connectivity index (χ4n) is 1.76. The van der Waals surface area contributed by atoms with Gasteiger partial charge in [0.15, 0.2) is 0 Å². The van der Waals surface area contributed by atoms with Crippen LogP contribution in [0.25, 0.3) is 6.08 Å². The maximum absolute atomic E-state index is 13.6. The van der Waals surface area contributed by atoms with Crippen molar-refractivity contribution in [1.82, 2.24) is 0 Å². The zero-order valence-corrected chi connectivity index (χ0v) is 10.9. The molecule has 0 bridgehead atoms. The summed E-state index contributed by atoms with van der Waals surface area (Å²) >= 11 is 0. The van der Waals surface area contributed by atoms with Gasteiger partial charge in [0.2, 0.25) is 5.78 Å². The van der Waals surface area contributed by atoms with Crippen LogP contribution in [0.3, 0.4) is 0 Å². The summed E-state index contributed by atoms with van der Waals surface area (Å²) in [6.45, 7) is 0. The molecule has 0 fully saturated rings. The number of hydrogen-bond acceptors (Lipinski definition) is 3. The summed E-state index contributed by atoms with van der Waals surface area (Å²) in [5, 5.41) is 17.8. The summed E-state index contributed by atoms with van der Waals surface area (Å²) in [6, 6.07) is 15.7. The summed E-state index contributed by atoms with van der Waals surface area (Å²) in [5.74, 6) is -1.33. The van der Waals surface area contributed by atoms with Gasteiger partial charge < -0.3 is 0 Å². The van der Waals surface area contributed by atoms with Crippen LogP contribution >= 0.6 is 0 Å². The number of nitriles is 2. The molecule has 0 aliphatic carbocycles. The van der Waals surface area contributed by atoms with Crippen molar-refractivity contribution in [2.24, 2.45) is 0 Å². The molecule has 0 N–H and O–H groups in total. The van der Waals surface area contributed by atoms with Crippen molar-refractivity contribution in [3.63, 3.8) is 0 Å². The van der Waals surface area contributed by atoms with Gasteiger partial charge >= 0.3 is 0 Å². The average Bonchev–Trinajstić information content (AvgIpc) is 2.53. The summed E-state index contributed by atoms with van der Waals surface area (Å²) in [5.41, 5.74) is 0.769. The molecule has 2 rings (SSSR count). The van der Waals surface area contributed by atoms with E-state index in [0.29, 0.717) is 11.1 Å². The molecule has 0 aromatic heterocycles. The van der Waals surface area contributed by atoms with Crippen molar-refractivity contribution in [3.05, 3.63) is 76.6 Å². The van der Waals surface area contributed by atoms with Gasteiger partial charge in [-0.1, -0.05) is 24.3 Å². The fraction of sp³-hybridized carbons (Fsp3) is 0. The lowest BCUT2D eigenvalue weighted by molar-refractivity contribution is 0.103. The number of hydrogen-bond donors (Lipinski definition) is 0. The van der Waals surface area contributed by atoms with E-state index in [1.165, 1.54) is 30.3 Å². The van der Waals surface area contributed by atoms with Gasteiger partial charge in [-0.25, -0.2) is 4.39 Å². The number of carbonyl (C=O) groups is 1. The monoisotopic (exact) mass is 276 g/mol. The van der Waals surface area contributed by atoms with Crippen LogP contribution in [-0.2, 0) is 0 Å². The molecule has 0 saturated carbocycles. The van der Waals surface area contributed by atoms with Gasteiger partial charge in [-0.2, -0.15) is 10.5 Å². The van der Waals surface area contributed by atoms with Crippen LogP contribution in [0, 0.1) is 28.5 Å². The minimum absolute atomic E-state index is 0.140. The van der Waals surface area contributed by atoms with Crippen molar-refractivity contribution in [3.8, 4) is 12.1 Å². The van der Waals surface area contributed by atoms with Gasteiger partial charge in [0.25, 0.3) is 0 Å². The van der Waals surface area contributed by atoms with Crippen LogP contribution in [0.15, 0.2) is 54.1 Å². The number of rotatable bonds is 3. The molecular weight excluding hydrogens is 267 g/mol. The number of halogens is 1. The van der Waals surface area contributed by atoms with E-state index in [0.717, 1.165) is 0 Å². The molecule has 0 amide bonds. The summed E-state index contributed by atoms with van der Waals surface area (Å²) in [6.07, 6.45) is 1.37. The molecule has 0 atom stereocenters. The van der Waals surface area contributed by atoms with E-state index in [4.69, 9.17) is 10.5 Å². The smallest absolute Gasteiger partial charge is 0.206 e. The van der Waals surface area contributed by atoms with E-state index in [1.54, 1.807) is 30.3 Å². The Labute approximate surface area is 121 Å². The molecule has 2 aromatic carbocycles. The second-order valence-electron chi connectivity index (χ2n) is 4.21. The number of allylic oxidation sites excluding steroid dienone is 1. The van der Waals surface area contributed by atoms with Crippen molar-refractivity contribution >= 4 is 11.9 Å². The van der Waals surface area contributed by atoms with E-state index in [1.807, 2.05) is 6.07 Å². The molecule has 21 heavy (non-hydrogen) atoms. The molecule has 0 aliphatic heterocycles. The molecule has 0 heterocycles. The highest BCUT2D eigenvalue weighted by Gasteiger charge is 2.15. The molecule has 0 aliphatic rings. The number of carbonyl (C=O) groups excluding carboxylic acids is 1. The molecule has 100 valence electrons. The molecule has 3 nitrogen and oxygen atoms in total. The molecule has 0 radical (unpaired) electrons. The second-order valence-corrected chi connectivity index (χ2v) is 4.21. The Morgan fingerprint density at radius 3 is 2.29 bits per heavy atom. The van der Waals surface area contributed by atoms with Gasteiger partial charge in [-0.05, 0) is 35.9 Å². The Bertz CT molecular complexity index is 793. The minimum atomic E-state index is -0.667. The van der Waals surface area contributed by atoms with Crippen molar-refractivity contribution < 1.29 is 9.18 Å². The highest BCUT2D eigenvalue weighted by molar-refractivity contribution is 6.14. The molecule has 0 unspecified atom stereocenters. The number of ketones is 1. The predicted octanol–water partition coefficient (Wildman–Crippen LogP) is 3.49. The van der Waals surface area contributed by atoms with Gasteiger partial charge in [0, 0.05) is 0 Å². The first-order valence-electron chi connectivity index (χ1n) is 6.07. The Balaban J connectivity index is 2.37. The molecule has 2 aromatic rings. The lowest BCUT2D eigenvalue weighted by atomic mass is 10.0. The van der Waals surface area contributed by atoms with Crippen molar-refractivity contribution in [2.45, 2.75) is 0 Å². The largest absolute Gasteiger partial charge is 0.288 e. The Kier molecular flexibility index (Phi) is 4.23. The van der Waals surface area contributed by atoms with Crippen LogP contribution in [-0.4, -0.2) is 5.78 Å². The molecule has 0 spiro atoms. The SMILES string of the molecule is N#C/C(=C\c1ccc(C#N)cc1)C(=O)c1ccccc1F. The lowest BCUT2D eigenvalue weighted by Crippen LogP contribution is -2.04. The first kappa shape index (κ1) is 14.2. The number of nitrogens with zero attached hydrogens (tertiary/aromatic N) is 2. The Morgan fingerprint density at radius 1 is 1.05 bits per heavy atom. The topological polar surface area (TPSA) is 64.7 Å². The molecule has 4 heteroatoms.